The van der Waals surface area contributed by atoms with E-state index in [1.807, 2.05) is 0 Å². The first kappa shape index (κ1) is 31.8. The molecule has 3 aliphatic rings. The van der Waals surface area contributed by atoms with Crippen molar-refractivity contribution in [1.29, 1.82) is 0 Å². The molecule has 6 rings (SSSR count). The molecule has 3 aromatic rings. The zero-order valence-electron chi connectivity index (χ0n) is 26.1. The summed E-state index contributed by atoms with van der Waals surface area (Å²) in [5.74, 6) is 0. The smallest absolute Gasteiger partial charge is 0.0240 e. The predicted octanol–water partition coefficient (Wildman–Crippen LogP) is 10.8. The van der Waals surface area contributed by atoms with Gasteiger partial charge in [0.05, 0.1) is 0 Å². The summed E-state index contributed by atoms with van der Waals surface area (Å²) in [4.78, 5) is 2.49. The van der Waals surface area contributed by atoms with E-state index >= 15 is 0 Å². The van der Waals surface area contributed by atoms with Crippen LogP contribution in [0.15, 0.2) is 91.0 Å². The molecule has 0 unspecified atom stereocenters. The van der Waals surface area contributed by atoms with Gasteiger partial charge in [-0.25, -0.2) is 0 Å². The fraction of sp³-hybridized carbons (Fsp3) is 0.538. The van der Waals surface area contributed by atoms with Gasteiger partial charge in [-0.15, -0.1) is 0 Å². The van der Waals surface area contributed by atoms with Crippen LogP contribution < -0.4 is 3.96 Å². The molecule has 3 aliphatic carbocycles. The van der Waals surface area contributed by atoms with Gasteiger partial charge in [0.2, 0.25) is 0 Å². The Morgan fingerprint density at radius 2 is 0.690 bits per heavy atom. The Morgan fingerprint density at radius 1 is 0.429 bits per heavy atom. The second-order valence-corrected chi connectivity index (χ2v) is 26.3. The maximum absolute atomic E-state index is 7.53. The molecule has 226 valence electrons. The maximum atomic E-state index is 7.53. The Balaban J connectivity index is 0.000000169. The normalized spacial score (nSPS) is 19.3. The Morgan fingerprint density at radius 3 is 0.952 bits per heavy atom. The van der Waals surface area contributed by atoms with E-state index in [0.29, 0.717) is 0 Å². The number of rotatable bonds is 9. The summed E-state index contributed by atoms with van der Waals surface area (Å²) in [5, 5.41) is 0. The Bertz CT molecular complexity index is 973. The van der Waals surface area contributed by atoms with Crippen LogP contribution in [0.5, 0.6) is 0 Å². The number of nitrogens with zero attached hydrogens (tertiary/aromatic N) is 1. The Labute approximate surface area is 261 Å². The molecule has 0 atom stereocenters. The van der Waals surface area contributed by atoms with Crippen molar-refractivity contribution in [3.05, 3.63) is 108 Å². The molecule has 42 heavy (non-hydrogen) atoms. The molecule has 3 fully saturated rings. The molecule has 0 saturated heterocycles. The number of hydrogen-bond donors (Lipinski definition) is 1. The molecule has 0 amide bonds. The van der Waals surface area contributed by atoms with Gasteiger partial charge in [0.25, 0.3) is 0 Å². The monoisotopic (exact) mass is 672 g/mol. The largest absolute Gasteiger partial charge is 0.291 e. The van der Waals surface area contributed by atoms with Crippen LogP contribution in [0.1, 0.15) is 113 Å². The second kappa shape index (κ2) is 17.0. The average molecular weight is 672 g/mol. The molecular formula is C39H56N2Sn. The van der Waals surface area contributed by atoms with E-state index in [9.17, 15) is 0 Å². The van der Waals surface area contributed by atoms with Crippen molar-refractivity contribution >= 4 is 18.7 Å². The van der Waals surface area contributed by atoms with Crippen LogP contribution in [0.2, 0.25) is 11.8 Å². The minimum Gasteiger partial charge on any atom is -0.291 e. The first-order chi connectivity index (χ1) is 20.7. The van der Waals surface area contributed by atoms with Gasteiger partial charge in [-0.1, -0.05) is 91.0 Å². The van der Waals surface area contributed by atoms with Gasteiger partial charge >= 0.3 is 131 Å². The van der Waals surface area contributed by atoms with E-state index in [4.69, 9.17) is 3.96 Å². The van der Waals surface area contributed by atoms with Crippen molar-refractivity contribution in [1.82, 2.24) is 4.90 Å². The SMILES string of the molecule is [NH2][Sn]([CH]1CCCCC1)([CH]1CCCCC1)[CH]1CCCCC1.c1ccc(CN(Cc2ccccc2)Cc2ccccc2)cc1. The van der Waals surface area contributed by atoms with Gasteiger partial charge in [0.1, 0.15) is 0 Å². The third-order valence-corrected chi connectivity index (χ3v) is 27.7. The third kappa shape index (κ3) is 9.19. The number of benzene rings is 3. The van der Waals surface area contributed by atoms with Crippen molar-refractivity contribution in [3.63, 3.8) is 0 Å². The fourth-order valence-corrected chi connectivity index (χ4v) is 26.3. The summed E-state index contributed by atoms with van der Waals surface area (Å²) in [6, 6.07) is 32.1. The van der Waals surface area contributed by atoms with Gasteiger partial charge in [-0.05, 0) is 16.7 Å². The minimum absolute atomic E-state index is 0.963. The van der Waals surface area contributed by atoms with Crippen LogP contribution in [-0.4, -0.2) is 23.6 Å². The molecule has 3 heteroatoms. The molecule has 0 heterocycles. The van der Waals surface area contributed by atoms with Crippen molar-refractivity contribution in [2.24, 2.45) is 3.96 Å². The van der Waals surface area contributed by atoms with Gasteiger partial charge < -0.3 is 0 Å². The van der Waals surface area contributed by atoms with Crippen molar-refractivity contribution in [3.8, 4) is 0 Å². The second-order valence-electron chi connectivity index (χ2n) is 13.6. The van der Waals surface area contributed by atoms with Crippen LogP contribution in [0.3, 0.4) is 0 Å². The number of hydrogen-bond acceptors (Lipinski definition) is 2. The van der Waals surface area contributed by atoms with Crippen LogP contribution in [-0.2, 0) is 19.6 Å². The standard InChI is InChI=1S/C21H21N.3C6H11.H2N.Sn/c1-4-10-19(11-5-1)16-22(17-20-12-6-2-7-13-20)18-21-14-8-3-9-15-21;3*1-2-4-6-5-3-1;;/h1-15H,16-18H2;3*1H,2-6H2;1H2;/q;;;;-1;+1. The van der Waals surface area contributed by atoms with E-state index in [1.54, 1.807) is 0 Å². The van der Waals surface area contributed by atoms with Gasteiger partial charge in [-0.2, -0.15) is 0 Å². The Hall–Kier alpha value is -1.62. The van der Waals surface area contributed by atoms with E-state index in [-0.39, 0.29) is 0 Å². The fourth-order valence-electron chi connectivity index (χ4n) is 8.50. The van der Waals surface area contributed by atoms with Gasteiger partial charge in [0, 0.05) is 19.6 Å². The zero-order chi connectivity index (χ0) is 28.9. The quantitative estimate of drug-likeness (QED) is 0.230. The summed E-state index contributed by atoms with van der Waals surface area (Å²) in [6.45, 7) is 2.89. The minimum atomic E-state index is -2.45. The molecule has 3 saturated carbocycles. The Kier molecular flexibility index (Phi) is 12.9. The number of nitrogens with two attached hydrogens (primary N) is 1. The van der Waals surface area contributed by atoms with Crippen LogP contribution >= 0.6 is 0 Å². The van der Waals surface area contributed by atoms with Crippen LogP contribution in [0, 0.1) is 0 Å². The van der Waals surface area contributed by atoms with Crippen LogP contribution in [0.4, 0.5) is 0 Å². The van der Waals surface area contributed by atoms with Crippen LogP contribution in [0.25, 0.3) is 0 Å². The topological polar surface area (TPSA) is 29.3 Å². The molecule has 0 spiro atoms. The first-order valence-corrected chi connectivity index (χ1v) is 23.9. The van der Waals surface area contributed by atoms with E-state index < -0.39 is 18.7 Å². The summed E-state index contributed by atoms with van der Waals surface area (Å²) < 4.78 is 10.7. The molecule has 0 bridgehead atoms. The van der Waals surface area contributed by atoms with Gasteiger partial charge in [0.15, 0.2) is 0 Å². The molecule has 0 aliphatic heterocycles. The summed E-state index contributed by atoms with van der Waals surface area (Å²) >= 11 is -2.45. The molecule has 2 N–H and O–H groups in total. The van der Waals surface area contributed by atoms with Crippen molar-refractivity contribution in [2.75, 3.05) is 0 Å². The molecule has 0 radical (unpaired) electrons. The summed E-state index contributed by atoms with van der Waals surface area (Å²) in [5.41, 5.74) is 4.07. The molecule has 3 aromatic carbocycles. The molecule has 2 nitrogen and oxygen atoms in total. The van der Waals surface area contributed by atoms with Crippen molar-refractivity contribution in [2.45, 2.75) is 128 Å². The van der Waals surface area contributed by atoms with Crippen molar-refractivity contribution < 1.29 is 0 Å². The summed E-state index contributed by atoms with van der Waals surface area (Å²) in [6.07, 6.45) is 22.6. The van der Waals surface area contributed by atoms with E-state index in [0.717, 1.165) is 31.4 Å². The maximum Gasteiger partial charge on any atom is 0.0240 e. The average Bonchev–Trinajstić information content (AvgIpc) is 3.07. The van der Waals surface area contributed by atoms with E-state index in [2.05, 4.69) is 95.9 Å². The first-order valence-electron chi connectivity index (χ1n) is 17.3. The summed E-state index contributed by atoms with van der Waals surface area (Å²) in [7, 11) is 0. The zero-order valence-corrected chi connectivity index (χ0v) is 29.0. The third-order valence-electron chi connectivity index (χ3n) is 10.7. The predicted molar refractivity (Wildman–Crippen MR) is 183 cm³/mol. The van der Waals surface area contributed by atoms with E-state index in [1.165, 1.54) is 113 Å². The van der Waals surface area contributed by atoms with Gasteiger partial charge in [-0.3, -0.25) is 4.90 Å². The molecule has 0 aromatic heterocycles. The molecular weight excluding hydrogens is 615 g/mol.